The molecule has 0 amide bonds. The number of methoxy groups -OCH3 is 1. The average molecular weight is 236 g/mol. The minimum absolute atomic E-state index is 0.725. The highest BCUT2D eigenvalue weighted by Gasteiger charge is 2.21. The Morgan fingerprint density at radius 2 is 2.29 bits per heavy atom. The van der Waals surface area contributed by atoms with Crippen LogP contribution in [-0.2, 0) is 11.3 Å². The molecule has 1 aromatic rings. The van der Waals surface area contributed by atoms with E-state index < -0.39 is 0 Å². The predicted molar refractivity (Wildman–Crippen MR) is 66.0 cm³/mol. The summed E-state index contributed by atoms with van der Waals surface area (Å²) in [6.45, 7) is 3.18. The SMILES string of the molecule is COCCNCc1ccc(OCC2CC2)cn1. The molecule has 1 heterocycles. The van der Waals surface area contributed by atoms with E-state index in [4.69, 9.17) is 9.47 Å². The minimum Gasteiger partial charge on any atom is -0.492 e. The van der Waals surface area contributed by atoms with Crippen LogP contribution in [-0.4, -0.2) is 31.9 Å². The first kappa shape index (κ1) is 12.3. The Bertz CT molecular complexity index is 323. The fraction of sp³-hybridized carbons (Fsp3) is 0.615. The van der Waals surface area contributed by atoms with Crippen molar-refractivity contribution < 1.29 is 9.47 Å². The van der Waals surface area contributed by atoms with Crippen molar-refractivity contribution in [3.05, 3.63) is 24.0 Å². The molecule has 0 saturated heterocycles. The summed E-state index contributed by atoms with van der Waals surface area (Å²) in [5.41, 5.74) is 1.03. The average Bonchev–Trinajstić information content (AvgIpc) is 3.18. The molecule has 1 N–H and O–H groups in total. The standard InChI is InChI=1S/C13H20N2O2/c1-16-7-6-14-8-12-4-5-13(9-15-12)17-10-11-2-3-11/h4-5,9,11,14H,2-3,6-8,10H2,1H3. The van der Waals surface area contributed by atoms with Crippen LogP contribution in [0, 0.1) is 5.92 Å². The number of ether oxygens (including phenoxy) is 2. The van der Waals surface area contributed by atoms with Crippen LogP contribution in [0.15, 0.2) is 18.3 Å². The summed E-state index contributed by atoms with van der Waals surface area (Å²) in [6, 6.07) is 3.99. The van der Waals surface area contributed by atoms with Crippen LogP contribution >= 0.6 is 0 Å². The van der Waals surface area contributed by atoms with Gasteiger partial charge in [0, 0.05) is 20.2 Å². The number of hydrogen-bond acceptors (Lipinski definition) is 4. The van der Waals surface area contributed by atoms with Gasteiger partial charge in [-0.25, -0.2) is 0 Å². The van der Waals surface area contributed by atoms with Crippen LogP contribution in [0.4, 0.5) is 0 Å². The topological polar surface area (TPSA) is 43.4 Å². The molecule has 2 rings (SSSR count). The first-order valence-corrected chi connectivity index (χ1v) is 6.16. The van der Waals surface area contributed by atoms with Gasteiger partial charge in [0.2, 0.25) is 0 Å². The molecule has 0 aromatic carbocycles. The number of nitrogens with one attached hydrogen (secondary N) is 1. The van der Waals surface area contributed by atoms with Crippen molar-refractivity contribution in [2.24, 2.45) is 5.92 Å². The Morgan fingerprint density at radius 3 is 2.94 bits per heavy atom. The molecule has 0 atom stereocenters. The Morgan fingerprint density at radius 1 is 1.41 bits per heavy atom. The molecular weight excluding hydrogens is 216 g/mol. The maximum Gasteiger partial charge on any atom is 0.137 e. The molecule has 1 aliphatic rings. The molecule has 0 unspecified atom stereocenters. The number of aromatic nitrogens is 1. The van der Waals surface area contributed by atoms with Crippen LogP contribution in [0.25, 0.3) is 0 Å². The lowest BCUT2D eigenvalue weighted by atomic mass is 10.3. The maximum absolute atomic E-state index is 5.63. The van der Waals surface area contributed by atoms with Crippen molar-refractivity contribution in [1.29, 1.82) is 0 Å². The largest absolute Gasteiger partial charge is 0.492 e. The summed E-state index contributed by atoms with van der Waals surface area (Å²) in [7, 11) is 1.70. The second-order valence-electron chi connectivity index (χ2n) is 4.41. The smallest absolute Gasteiger partial charge is 0.137 e. The van der Waals surface area contributed by atoms with Crippen molar-refractivity contribution in [2.45, 2.75) is 19.4 Å². The molecule has 0 aliphatic heterocycles. The van der Waals surface area contributed by atoms with Crippen molar-refractivity contribution in [3.8, 4) is 5.75 Å². The summed E-state index contributed by atoms with van der Waals surface area (Å²) < 4.78 is 10.6. The van der Waals surface area contributed by atoms with Crippen molar-refractivity contribution in [1.82, 2.24) is 10.3 Å². The molecule has 4 heteroatoms. The molecule has 94 valence electrons. The number of nitrogens with zero attached hydrogens (tertiary/aromatic N) is 1. The number of pyridine rings is 1. The summed E-state index contributed by atoms with van der Waals surface area (Å²) >= 11 is 0. The lowest BCUT2D eigenvalue weighted by Gasteiger charge is -2.06. The fourth-order valence-corrected chi connectivity index (χ4v) is 1.49. The van der Waals surface area contributed by atoms with E-state index in [1.54, 1.807) is 13.3 Å². The first-order valence-electron chi connectivity index (χ1n) is 6.16. The Hall–Kier alpha value is -1.13. The third-order valence-corrected chi connectivity index (χ3v) is 2.77. The first-order chi connectivity index (χ1) is 8.38. The van der Waals surface area contributed by atoms with Gasteiger partial charge in [-0.3, -0.25) is 4.98 Å². The Labute approximate surface area is 102 Å². The van der Waals surface area contributed by atoms with Gasteiger partial charge < -0.3 is 14.8 Å². The second kappa shape index (κ2) is 6.57. The van der Waals surface area contributed by atoms with Gasteiger partial charge in [0.25, 0.3) is 0 Å². The summed E-state index contributed by atoms with van der Waals surface area (Å²) in [4.78, 5) is 4.35. The van der Waals surface area contributed by atoms with Crippen LogP contribution < -0.4 is 10.1 Å². The normalized spacial score (nSPS) is 14.9. The number of rotatable bonds is 8. The summed E-state index contributed by atoms with van der Waals surface area (Å²) in [5, 5.41) is 3.25. The van der Waals surface area contributed by atoms with Crippen molar-refractivity contribution in [3.63, 3.8) is 0 Å². The zero-order valence-corrected chi connectivity index (χ0v) is 10.3. The molecular formula is C13H20N2O2. The highest BCUT2D eigenvalue weighted by atomic mass is 16.5. The lowest BCUT2D eigenvalue weighted by molar-refractivity contribution is 0.199. The van der Waals surface area contributed by atoms with E-state index >= 15 is 0 Å². The van der Waals surface area contributed by atoms with Crippen LogP contribution in [0.5, 0.6) is 5.75 Å². The quantitative estimate of drug-likeness (QED) is 0.696. The van der Waals surface area contributed by atoms with E-state index in [-0.39, 0.29) is 0 Å². The van der Waals surface area contributed by atoms with Gasteiger partial charge in [0.05, 0.1) is 25.1 Å². The third-order valence-electron chi connectivity index (χ3n) is 2.77. The van der Waals surface area contributed by atoms with Crippen molar-refractivity contribution >= 4 is 0 Å². The van der Waals surface area contributed by atoms with Gasteiger partial charge in [0.15, 0.2) is 0 Å². The molecule has 0 radical (unpaired) electrons. The van der Waals surface area contributed by atoms with Crippen LogP contribution in [0.3, 0.4) is 0 Å². The van der Waals surface area contributed by atoms with E-state index in [2.05, 4.69) is 10.3 Å². The molecule has 1 aliphatic carbocycles. The second-order valence-corrected chi connectivity index (χ2v) is 4.41. The lowest BCUT2D eigenvalue weighted by Crippen LogP contribution is -2.19. The maximum atomic E-state index is 5.63. The third kappa shape index (κ3) is 4.71. The van der Waals surface area contributed by atoms with Gasteiger partial charge >= 0.3 is 0 Å². The Balaban J connectivity index is 1.68. The zero-order chi connectivity index (χ0) is 11.9. The van der Waals surface area contributed by atoms with Gasteiger partial charge in [-0.2, -0.15) is 0 Å². The molecule has 1 aromatic heterocycles. The minimum atomic E-state index is 0.725. The summed E-state index contributed by atoms with van der Waals surface area (Å²) in [5.74, 6) is 1.66. The van der Waals surface area contributed by atoms with E-state index in [0.29, 0.717) is 0 Å². The van der Waals surface area contributed by atoms with E-state index in [1.165, 1.54) is 12.8 Å². The van der Waals surface area contributed by atoms with Gasteiger partial charge in [-0.1, -0.05) is 0 Å². The van der Waals surface area contributed by atoms with Crippen LogP contribution in [0.2, 0.25) is 0 Å². The molecule has 17 heavy (non-hydrogen) atoms. The highest BCUT2D eigenvalue weighted by Crippen LogP contribution is 2.29. The van der Waals surface area contributed by atoms with Gasteiger partial charge in [0.1, 0.15) is 5.75 Å². The predicted octanol–water partition coefficient (Wildman–Crippen LogP) is 1.61. The van der Waals surface area contributed by atoms with E-state index in [1.807, 2.05) is 12.1 Å². The van der Waals surface area contributed by atoms with Gasteiger partial charge in [-0.15, -0.1) is 0 Å². The molecule has 0 bridgehead atoms. The molecule has 1 fully saturated rings. The fourth-order valence-electron chi connectivity index (χ4n) is 1.49. The highest BCUT2D eigenvalue weighted by molar-refractivity contribution is 5.19. The number of hydrogen-bond donors (Lipinski definition) is 1. The summed E-state index contributed by atoms with van der Waals surface area (Å²) in [6.07, 6.45) is 4.43. The van der Waals surface area contributed by atoms with E-state index in [9.17, 15) is 0 Å². The van der Waals surface area contributed by atoms with Gasteiger partial charge in [-0.05, 0) is 30.9 Å². The Kier molecular flexibility index (Phi) is 4.76. The van der Waals surface area contributed by atoms with Crippen molar-refractivity contribution in [2.75, 3.05) is 26.9 Å². The van der Waals surface area contributed by atoms with Crippen LogP contribution in [0.1, 0.15) is 18.5 Å². The zero-order valence-electron chi connectivity index (χ0n) is 10.3. The monoisotopic (exact) mass is 236 g/mol. The molecule has 4 nitrogen and oxygen atoms in total. The molecule has 1 saturated carbocycles. The molecule has 0 spiro atoms. The van der Waals surface area contributed by atoms with E-state index in [0.717, 1.165) is 43.7 Å².